The molecule has 1 N–H and O–H groups in total. The molecule has 1 aromatic carbocycles. The number of likely N-dealkylation sites (tertiary alicyclic amines) is 1. The van der Waals surface area contributed by atoms with Crippen molar-refractivity contribution in [1.29, 1.82) is 0 Å². The van der Waals surface area contributed by atoms with E-state index in [0.717, 1.165) is 46.6 Å². The number of carbonyl (C=O) groups is 1. The van der Waals surface area contributed by atoms with E-state index in [-0.39, 0.29) is 22.3 Å². The van der Waals surface area contributed by atoms with Crippen molar-refractivity contribution < 1.29 is 14.3 Å². The van der Waals surface area contributed by atoms with Crippen molar-refractivity contribution in [3.05, 3.63) is 56.5 Å². The van der Waals surface area contributed by atoms with Crippen molar-refractivity contribution in [2.24, 2.45) is 19.1 Å². The van der Waals surface area contributed by atoms with Crippen LogP contribution < -0.4 is 11.2 Å². The van der Waals surface area contributed by atoms with Crippen LogP contribution in [0, 0.1) is 5.82 Å². The lowest BCUT2D eigenvalue weighted by atomic mass is 10.2. The summed E-state index contributed by atoms with van der Waals surface area (Å²) in [6.07, 6.45) is 4.09. The first-order valence-electron chi connectivity index (χ1n) is 10.0. The normalized spacial score (nSPS) is 15.1. The highest BCUT2D eigenvalue weighted by Gasteiger charge is 2.23. The summed E-state index contributed by atoms with van der Waals surface area (Å²) in [5.41, 5.74) is -1.24. The Hall–Kier alpha value is -2.88. The van der Waals surface area contributed by atoms with Crippen molar-refractivity contribution >= 4 is 28.4 Å². The zero-order valence-corrected chi connectivity index (χ0v) is 18.3. The highest BCUT2D eigenvalue weighted by molar-refractivity contribution is 8.15. The van der Waals surface area contributed by atoms with E-state index in [2.05, 4.69) is 4.99 Å². The highest BCUT2D eigenvalue weighted by atomic mass is 32.2. The van der Waals surface area contributed by atoms with Crippen molar-refractivity contribution in [3.8, 4) is 5.88 Å². The molecule has 1 aromatic heterocycles. The molecule has 0 saturated carbocycles. The van der Waals surface area contributed by atoms with Gasteiger partial charge in [-0.15, -0.1) is 0 Å². The van der Waals surface area contributed by atoms with Gasteiger partial charge >= 0.3 is 5.69 Å². The number of aromatic hydroxyl groups is 1. The number of thioether (sulfide) groups is 1. The molecule has 1 amide bonds. The Morgan fingerprint density at radius 2 is 1.68 bits per heavy atom. The van der Waals surface area contributed by atoms with E-state index < -0.39 is 22.9 Å². The molecule has 3 rings (SSSR count). The molecule has 8 nitrogen and oxygen atoms in total. The molecule has 1 fully saturated rings. The van der Waals surface area contributed by atoms with Gasteiger partial charge in [-0.05, 0) is 37.1 Å². The summed E-state index contributed by atoms with van der Waals surface area (Å²) in [6, 6.07) is 5.30. The average Bonchev–Trinajstić information content (AvgIpc) is 3.05. The van der Waals surface area contributed by atoms with Gasteiger partial charge in [0, 0.05) is 27.2 Å². The summed E-state index contributed by atoms with van der Waals surface area (Å²) in [7, 11) is 2.64. The predicted molar refractivity (Wildman–Crippen MR) is 119 cm³/mol. The first-order valence-corrected chi connectivity index (χ1v) is 11.0. The molecule has 0 atom stereocenters. The fourth-order valence-corrected chi connectivity index (χ4v) is 4.29. The number of nitrogens with zero attached hydrogens (tertiary/aromatic N) is 4. The van der Waals surface area contributed by atoms with Crippen molar-refractivity contribution in [1.82, 2.24) is 14.0 Å². The summed E-state index contributed by atoms with van der Waals surface area (Å²) in [5, 5.41) is 10.6. The second kappa shape index (κ2) is 9.95. The van der Waals surface area contributed by atoms with Gasteiger partial charge in [0.15, 0.2) is 0 Å². The monoisotopic (exact) mass is 448 g/mol. The Bertz CT molecular complexity index is 1100. The number of aliphatic imine (C=N–C) groups is 1. The topological polar surface area (TPSA) is 96.9 Å². The lowest BCUT2D eigenvalue weighted by molar-refractivity contribution is -0.128. The van der Waals surface area contributed by atoms with E-state index in [9.17, 15) is 23.9 Å². The number of amides is 1. The number of rotatable bonds is 4. The molecule has 0 spiro atoms. The number of carbonyl (C=O) groups excluding carboxylic acids is 1. The largest absolute Gasteiger partial charge is 0.494 e. The third-order valence-electron chi connectivity index (χ3n) is 5.20. The summed E-state index contributed by atoms with van der Waals surface area (Å²) in [4.78, 5) is 43.8. The number of hydrogen-bond acceptors (Lipinski definition) is 6. The van der Waals surface area contributed by atoms with E-state index in [4.69, 9.17) is 0 Å². The van der Waals surface area contributed by atoms with Gasteiger partial charge < -0.3 is 10.0 Å². The maximum absolute atomic E-state index is 13.3. The Balaban J connectivity index is 1.98. The maximum Gasteiger partial charge on any atom is 0.333 e. The Morgan fingerprint density at radius 3 is 2.29 bits per heavy atom. The van der Waals surface area contributed by atoms with E-state index >= 15 is 0 Å². The first kappa shape index (κ1) is 22.8. The summed E-state index contributed by atoms with van der Waals surface area (Å²) in [6.45, 7) is 1.38. The minimum atomic E-state index is -0.726. The van der Waals surface area contributed by atoms with Crippen molar-refractivity contribution in [3.63, 3.8) is 0 Å². The van der Waals surface area contributed by atoms with Gasteiger partial charge in [0.1, 0.15) is 16.4 Å². The Kier molecular flexibility index (Phi) is 7.32. The fraction of sp³-hybridized carbons (Fsp3) is 0.429. The number of aromatic nitrogens is 2. The number of hydrogen-bond donors (Lipinski definition) is 1. The van der Waals surface area contributed by atoms with Crippen LogP contribution in [0.3, 0.4) is 0 Å². The first-order chi connectivity index (χ1) is 14.8. The second-order valence-electron chi connectivity index (χ2n) is 7.38. The molecule has 2 aromatic rings. The van der Waals surface area contributed by atoms with Crippen LogP contribution in [-0.4, -0.2) is 48.9 Å². The molecule has 0 radical (unpaired) electrons. The summed E-state index contributed by atoms with van der Waals surface area (Å²) in [5.74, 6) is -1.04. The predicted octanol–water partition coefficient (Wildman–Crippen LogP) is 2.14. The zero-order chi connectivity index (χ0) is 22.5. The van der Waals surface area contributed by atoms with Gasteiger partial charge in [-0.25, -0.2) is 14.2 Å². The van der Waals surface area contributed by atoms with Crippen molar-refractivity contribution in [2.45, 2.75) is 25.7 Å². The molecule has 31 heavy (non-hydrogen) atoms. The van der Waals surface area contributed by atoms with Crippen LogP contribution in [0.1, 0.15) is 31.2 Å². The van der Waals surface area contributed by atoms with Crippen LogP contribution in [0.2, 0.25) is 0 Å². The van der Waals surface area contributed by atoms with Crippen molar-refractivity contribution in [2.75, 3.05) is 18.8 Å². The van der Waals surface area contributed by atoms with Gasteiger partial charge in [-0.1, -0.05) is 24.6 Å². The quantitative estimate of drug-likeness (QED) is 0.571. The molecular formula is C21H25FN4O4S. The van der Waals surface area contributed by atoms with Gasteiger partial charge in [0.05, 0.1) is 11.4 Å². The van der Waals surface area contributed by atoms with E-state index in [0.29, 0.717) is 18.8 Å². The van der Waals surface area contributed by atoms with Gasteiger partial charge in [0.2, 0.25) is 11.8 Å². The minimum absolute atomic E-state index is 0.0193. The highest BCUT2D eigenvalue weighted by Crippen LogP contribution is 2.24. The summed E-state index contributed by atoms with van der Waals surface area (Å²) < 4.78 is 15.1. The van der Waals surface area contributed by atoms with E-state index in [1.807, 2.05) is 0 Å². The maximum atomic E-state index is 13.3. The third kappa shape index (κ3) is 5.25. The smallest absolute Gasteiger partial charge is 0.333 e. The fourth-order valence-electron chi connectivity index (χ4n) is 3.36. The summed E-state index contributed by atoms with van der Waals surface area (Å²) >= 11 is 1.01. The molecule has 1 aliphatic rings. The second-order valence-corrected chi connectivity index (χ2v) is 8.35. The lowest BCUT2D eigenvalue weighted by Crippen LogP contribution is -2.40. The SMILES string of the molecule is Cn1c(O)c(C(=Nc2ccc(F)cc2)SCC(=O)N2CCCCCC2)c(=O)n(C)c1=O. The minimum Gasteiger partial charge on any atom is -0.494 e. The molecule has 0 aliphatic carbocycles. The zero-order valence-electron chi connectivity index (χ0n) is 17.5. The molecule has 166 valence electrons. The standard InChI is InChI=1S/C21H25FN4O4S/c1-24-19(28)17(20(29)25(2)21(24)30)18(23-15-9-7-14(22)8-10-15)31-13-16(27)26-11-5-3-4-6-12-26/h7-10,28H,3-6,11-13H2,1-2H3. The third-order valence-corrected chi connectivity index (χ3v) is 6.16. The van der Waals surface area contributed by atoms with Crippen LogP contribution in [-0.2, 0) is 18.9 Å². The van der Waals surface area contributed by atoms with Crippen LogP contribution in [0.4, 0.5) is 10.1 Å². The van der Waals surface area contributed by atoms with E-state index in [1.165, 1.54) is 38.4 Å². The van der Waals surface area contributed by atoms with Gasteiger partial charge in [-0.2, -0.15) is 0 Å². The van der Waals surface area contributed by atoms with Gasteiger partial charge in [-0.3, -0.25) is 18.7 Å². The Morgan fingerprint density at radius 1 is 1.06 bits per heavy atom. The number of halogens is 1. The molecule has 1 saturated heterocycles. The van der Waals surface area contributed by atoms with Gasteiger partial charge in [0.25, 0.3) is 5.56 Å². The van der Waals surface area contributed by atoms with E-state index in [1.54, 1.807) is 4.90 Å². The molecular weight excluding hydrogens is 423 g/mol. The molecule has 0 bridgehead atoms. The average molecular weight is 449 g/mol. The van der Waals surface area contributed by atoms with Crippen LogP contribution >= 0.6 is 11.8 Å². The van der Waals surface area contributed by atoms with Crippen LogP contribution in [0.15, 0.2) is 38.8 Å². The Labute approximate surface area is 183 Å². The lowest BCUT2D eigenvalue weighted by Gasteiger charge is -2.20. The molecule has 10 heteroatoms. The molecule has 1 aliphatic heterocycles. The molecule has 0 unspecified atom stereocenters. The number of benzene rings is 1. The van der Waals surface area contributed by atoms with Crippen LogP contribution in [0.25, 0.3) is 0 Å². The van der Waals surface area contributed by atoms with Crippen LogP contribution in [0.5, 0.6) is 5.88 Å². The molecule has 2 heterocycles.